The number of para-hydroxylation sites is 3. The zero-order valence-electron chi connectivity index (χ0n) is 33.3. The molecule has 0 fully saturated rings. The van der Waals surface area contributed by atoms with E-state index in [4.69, 9.17) is 0 Å². The summed E-state index contributed by atoms with van der Waals surface area (Å²) in [7, 11) is 0. The smallest absolute Gasteiger partial charge is 0.0726 e. The molecule has 2 heteroatoms. The quantitative estimate of drug-likeness (QED) is 0.169. The second-order valence-electron chi connectivity index (χ2n) is 16.4. The van der Waals surface area contributed by atoms with Crippen LogP contribution in [0.15, 0.2) is 231 Å². The van der Waals surface area contributed by atoms with Crippen LogP contribution in [-0.4, -0.2) is 4.57 Å². The average molecular weight is 775 g/mol. The Morgan fingerprint density at radius 3 is 1.70 bits per heavy atom. The summed E-state index contributed by atoms with van der Waals surface area (Å²) in [5, 5.41) is 5.08. The third kappa shape index (κ3) is 4.73. The van der Waals surface area contributed by atoms with E-state index in [2.05, 4.69) is 240 Å². The minimum atomic E-state index is -0.527. The van der Waals surface area contributed by atoms with Crippen LogP contribution in [0.5, 0.6) is 0 Å². The summed E-state index contributed by atoms with van der Waals surface area (Å²) in [5.41, 5.74) is 19.1. The van der Waals surface area contributed by atoms with Crippen molar-refractivity contribution in [1.29, 1.82) is 0 Å². The number of hydrogen-bond acceptors (Lipinski definition) is 1. The second-order valence-corrected chi connectivity index (χ2v) is 16.4. The van der Waals surface area contributed by atoms with Crippen LogP contribution >= 0.6 is 0 Å². The van der Waals surface area contributed by atoms with Gasteiger partial charge in [0, 0.05) is 33.4 Å². The van der Waals surface area contributed by atoms with Gasteiger partial charge in [0.05, 0.1) is 22.1 Å². The molecule has 1 unspecified atom stereocenters. The van der Waals surface area contributed by atoms with E-state index in [9.17, 15) is 0 Å². The van der Waals surface area contributed by atoms with E-state index in [-0.39, 0.29) is 0 Å². The molecule has 2 nitrogen and oxygen atoms in total. The van der Waals surface area contributed by atoms with Gasteiger partial charge in [0.25, 0.3) is 0 Å². The van der Waals surface area contributed by atoms with Crippen LogP contribution < -0.4 is 4.90 Å². The molecule has 61 heavy (non-hydrogen) atoms. The molecule has 1 aromatic heterocycles. The van der Waals surface area contributed by atoms with Gasteiger partial charge in [-0.05, 0) is 109 Å². The van der Waals surface area contributed by atoms with E-state index in [1.165, 1.54) is 88.2 Å². The molecule has 0 aliphatic heterocycles. The Labute approximate surface area is 354 Å². The van der Waals surface area contributed by atoms with Gasteiger partial charge >= 0.3 is 0 Å². The Hall–Kier alpha value is -7.94. The fourth-order valence-corrected chi connectivity index (χ4v) is 11.0. The molecule has 1 atom stereocenters. The molecule has 0 saturated carbocycles. The summed E-state index contributed by atoms with van der Waals surface area (Å²) >= 11 is 0. The van der Waals surface area contributed by atoms with E-state index in [1.807, 2.05) is 0 Å². The molecule has 0 bridgehead atoms. The summed E-state index contributed by atoms with van der Waals surface area (Å²) in [6.45, 7) is 0. The first-order valence-electron chi connectivity index (χ1n) is 21.2. The SMILES string of the molecule is c1ccc(-c2ccccc2N(c2ccc3c(c2)C2(c4ccccc4-3)c3ccccc3-c3cccc4cccc2c34)c2ccc3c4ccccc4n(-c4ccccc4)c3c2)cc1. The Morgan fingerprint density at radius 1 is 0.344 bits per heavy atom. The molecule has 1 heterocycles. The topological polar surface area (TPSA) is 8.17 Å². The van der Waals surface area contributed by atoms with Crippen LogP contribution in [0.1, 0.15) is 22.3 Å². The Morgan fingerprint density at radius 2 is 0.902 bits per heavy atom. The van der Waals surface area contributed by atoms with Crippen molar-refractivity contribution in [3.8, 4) is 39.1 Å². The van der Waals surface area contributed by atoms with E-state index < -0.39 is 5.41 Å². The highest BCUT2D eigenvalue weighted by atomic mass is 15.1. The molecule has 11 aromatic rings. The van der Waals surface area contributed by atoms with Crippen LogP contribution in [0.3, 0.4) is 0 Å². The lowest BCUT2D eigenvalue weighted by Crippen LogP contribution is -2.32. The van der Waals surface area contributed by atoms with Gasteiger partial charge in [0.2, 0.25) is 0 Å². The molecule has 10 aromatic carbocycles. The maximum Gasteiger partial charge on any atom is 0.0726 e. The standard InChI is InChI=1S/C59H38N2/c1-3-17-39(18-4-1)44-23-9-13-31-55(44)60(43-34-36-49-48-26-10-14-32-56(48)61(57(49)38-43)41-21-5-2-6-22-41)42-33-35-47-45-24-7-11-28-51(45)59(54(47)37-42)52-29-12-8-25-46(52)50-27-15-19-40-20-16-30-53(59)58(40)50/h1-38H. The minimum absolute atomic E-state index is 0.527. The summed E-state index contributed by atoms with van der Waals surface area (Å²) in [5.74, 6) is 0. The number of benzene rings is 10. The molecule has 13 rings (SSSR count). The van der Waals surface area contributed by atoms with Gasteiger partial charge in [-0.1, -0.05) is 182 Å². The first-order chi connectivity index (χ1) is 30.3. The van der Waals surface area contributed by atoms with E-state index in [0.29, 0.717) is 0 Å². The fraction of sp³-hybridized carbons (Fsp3) is 0.0169. The highest BCUT2D eigenvalue weighted by Gasteiger charge is 2.50. The van der Waals surface area contributed by atoms with Crippen molar-refractivity contribution in [2.45, 2.75) is 5.41 Å². The van der Waals surface area contributed by atoms with Gasteiger partial charge in [0.15, 0.2) is 0 Å². The predicted octanol–water partition coefficient (Wildman–Crippen LogP) is 15.4. The van der Waals surface area contributed by atoms with E-state index in [1.54, 1.807) is 0 Å². The predicted molar refractivity (Wildman–Crippen MR) is 255 cm³/mol. The van der Waals surface area contributed by atoms with Gasteiger partial charge < -0.3 is 9.47 Å². The van der Waals surface area contributed by atoms with Crippen molar-refractivity contribution >= 4 is 49.6 Å². The molecule has 2 aliphatic rings. The zero-order valence-corrected chi connectivity index (χ0v) is 33.3. The summed E-state index contributed by atoms with van der Waals surface area (Å²) in [4.78, 5) is 2.50. The lowest BCUT2D eigenvalue weighted by atomic mass is 9.61. The number of aromatic nitrogens is 1. The molecule has 1 spiro atoms. The van der Waals surface area contributed by atoms with Crippen LogP contribution in [0.2, 0.25) is 0 Å². The molecule has 0 N–H and O–H groups in total. The number of anilines is 3. The summed E-state index contributed by atoms with van der Waals surface area (Å²) < 4.78 is 2.42. The monoisotopic (exact) mass is 774 g/mol. The molecular weight excluding hydrogens is 737 g/mol. The minimum Gasteiger partial charge on any atom is -0.310 e. The normalized spacial score (nSPS) is 14.6. The van der Waals surface area contributed by atoms with Gasteiger partial charge in [-0.2, -0.15) is 0 Å². The van der Waals surface area contributed by atoms with Crippen LogP contribution in [0, 0.1) is 0 Å². The van der Waals surface area contributed by atoms with Crippen molar-refractivity contribution in [2.75, 3.05) is 4.90 Å². The fourth-order valence-electron chi connectivity index (χ4n) is 11.0. The first-order valence-corrected chi connectivity index (χ1v) is 21.2. The van der Waals surface area contributed by atoms with Crippen LogP contribution in [0.25, 0.3) is 71.6 Å². The van der Waals surface area contributed by atoms with Crippen LogP contribution in [0.4, 0.5) is 17.1 Å². The number of nitrogens with zero attached hydrogens (tertiary/aromatic N) is 2. The molecule has 0 saturated heterocycles. The maximum atomic E-state index is 2.51. The number of hydrogen-bond donors (Lipinski definition) is 0. The number of fused-ring (bicyclic) bond motifs is 12. The van der Waals surface area contributed by atoms with Crippen molar-refractivity contribution in [3.05, 3.63) is 253 Å². The number of rotatable bonds is 5. The van der Waals surface area contributed by atoms with Crippen molar-refractivity contribution in [2.24, 2.45) is 0 Å². The third-order valence-corrected chi connectivity index (χ3v) is 13.4. The van der Waals surface area contributed by atoms with E-state index in [0.717, 1.165) is 22.7 Å². The highest BCUT2D eigenvalue weighted by Crippen LogP contribution is 2.62. The molecular formula is C59H38N2. The molecule has 0 amide bonds. The van der Waals surface area contributed by atoms with Gasteiger partial charge in [-0.15, -0.1) is 0 Å². The third-order valence-electron chi connectivity index (χ3n) is 13.4. The molecule has 0 radical (unpaired) electrons. The van der Waals surface area contributed by atoms with Gasteiger partial charge in [-0.3, -0.25) is 0 Å². The Balaban J connectivity index is 1.13. The second kappa shape index (κ2) is 13.0. The van der Waals surface area contributed by atoms with Crippen molar-refractivity contribution in [3.63, 3.8) is 0 Å². The Bertz CT molecular complexity index is 3540. The maximum absolute atomic E-state index is 2.51. The van der Waals surface area contributed by atoms with Gasteiger partial charge in [-0.25, -0.2) is 0 Å². The largest absolute Gasteiger partial charge is 0.310 e. The van der Waals surface area contributed by atoms with Crippen molar-refractivity contribution in [1.82, 2.24) is 4.57 Å². The average Bonchev–Trinajstić information content (AvgIpc) is 3.81. The van der Waals surface area contributed by atoms with Crippen molar-refractivity contribution < 1.29 is 0 Å². The summed E-state index contributed by atoms with van der Waals surface area (Å²) in [6.07, 6.45) is 0. The zero-order chi connectivity index (χ0) is 40.1. The van der Waals surface area contributed by atoms with E-state index >= 15 is 0 Å². The van der Waals surface area contributed by atoms with Crippen LogP contribution in [-0.2, 0) is 5.41 Å². The molecule has 2 aliphatic carbocycles. The highest BCUT2D eigenvalue weighted by molar-refractivity contribution is 6.11. The Kier molecular flexibility index (Phi) is 7.26. The lowest BCUT2D eigenvalue weighted by Gasteiger charge is -2.40. The molecule has 284 valence electrons. The first kappa shape index (κ1) is 34.0. The van der Waals surface area contributed by atoms with Gasteiger partial charge in [0.1, 0.15) is 0 Å². The lowest BCUT2D eigenvalue weighted by molar-refractivity contribution is 0.773. The summed E-state index contributed by atoms with van der Waals surface area (Å²) in [6, 6.07) is 85.5.